The van der Waals surface area contributed by atoms with Crippen LogP contribution in [-0.2, 0) is 17.8 Å². The van der Waals surface area contributed by atoms with Gasteiger partial charge in [-0.1, -0.05) is 24.3 Å². The molecule has 1 aromatic heterocycles. The van der Waals surface area contributed by atoms with Crippen molar-refractivity contribution in [3.05, 3.63) is 53.9 Å². The number of carbonyl (C=O) groups excluding carboxylic acids is 1. The van der Waals surface area contributed by atoms with E-state index < -0.39 is 0 Å². The summed E-state index contributed by atoms with van der Waals surface area (Å²) >= 11 is 0. The predicted molar refractivity (Wildman–Crippen MR) is 101 cm³/mol. The van der Waals surface area contributed by atoms with Gasteiger partial charge in [0, 0.05) is 18.9 Å². The smallest absolute Gasteiger partial charge is 0.315 e. The summed E-state index contributed by atoms with van der Waals surface area (Å²) in [5, 5.41) is 10.2. The fourth-order valence-electron chi connectivity index (χ4n) is 3.60. The van der Waals surface area contributed by atoms with Gasteiger partial charge in [-0.05, 0) is 51.3 Å². The first-order valence-corrected chi connectivity index (χ1v) is 9.03. The molecule has 1 unspecified atom stereocenters. The highest BCUT2D eigenvalue weighted by Gasteiger charge is 2.46. The number of ether oxygens (including phenoxy) is 1. The molecular formula is C20H28N4O2. The summed E-state index contributed by atoms with van der Waals surface area (Å²) in [5.41, 5.74) is 1.62. The lowest BCUT2D eigenvalue weighted by Crippen LogP contribution is -2.49. The topological polar surface area (TPSA) is 68.2 Å². The van der Waals surface area contributed by atoms with E-state index in [1.807, 2.05) is 42.9 Å². The maximum Gasteiger partial charge on any atom is 0.315 e. The Balaban J connectivity index is 1.53. The number of amides is 2. The maximum atomic E-state index is 12.3. The Labute approximate surface area is 154 Å². The van der Waals surface area contributed by atoms with Gasteiger partial charge >= 0.3 is 6.03 Å². The first-order chi connectivity index (χ1) is 12.2. The van der Waals surface area contributed by atoms with Crippen LogP contribution in [0.5, 0.6) is 0 Å². The molecule has 1 aromatic carbocycles. The van der Waals surface area contributed by atoms with Crippen LogP contribution in [0.3, 0.4) is 0 Å². The van der Waals surface area contributed by atoms with Gasteiger partial charge in [0.05, 0.1) is 23.8 Å². The van der Waals surface area contributed by atoms with Crippen molar-refractivity contribution < 1.29 is 9.53 Å². The monoisotopic (exact) mass is 356 g/mol. The lowest BCUT2D eigenvalue weighted by Gasteiger charge is -2.27. The molecule has 0 bridgehead atoms. The van der Waals surface area contributed by atoms with Crippen molar-refractivity contribution >= 4 is 6.03 Å². The van der Waals surface area contributed by atoms with Crippen LogP contribution in [0.2, 0.25) is 0 Å². The Morgan fingerprint density at radius 2 is 2.04 bits per heavy atom. The number of carbonyl (C=O) groups is 1. The summed E-state index contributed by atoms with van der Waals surface area (Å²) in [6.07, 6.45) is 4.50. The highest BCUT2D eigenvalue weighted by molar-refractivity contribution is 5.74. The molecule has 2 amide bonds. The molecule has 1 atom stereocenters. The van der Waals surface area contributed by atoms with E-state index in [9.17, 15) is 4.79 Å². The van der Waals surface area contributed by atoms with Crippen molar-refractivity contribution in [2.45, 2.75) is 64.4 Å². The van der Waals surface area contributed by atoms with Crippen LogP contribution < -0.4 is 10.6 Å². The van der Waals surface area contributed by atoms with Crippen LogP contribution in [0.15, 0.2) is 42.7 Å². The Morgan fingerprint density at radius 3 is 2.69 bits per heavy atom. The SMILES string of the molecule is CC1(C)CC(NC(=O)NCc2cccc(Cn3cccn3)c2)C(C)(C)O1. The third-order valence-corrected chi connectivity index (χ3v) is 4.73. The van der Waals surface area contributed by atoms with Crippen molar-refractivity contribution in [3.8, 4) is 0 Å². The molecule has 1 fully saturated rings. The van der Waals surface area contributed by atoms with E-state index in [2.05, 4.69) is 41.7 Å². The molecular weight excluding hydrogens is 328 g/mol. The van der Waals surface area contributed by atoms with Gasteiger partial charge in [0.25, 0.3) is 0 Å². The number of hydrogen-bond acceptors (Lipinski definition) is 3. The van der Waals surface area contributed by atoms with Gasteiger partial charge in [-0.2, -0.15) is 5.10 Å². The Hall–Kier alpha value is -2.34. The van der Waals surface area contributed by atoms with Crippen LogP contribution in [0.4, 0.5) is 4.79 Å². The van der Waals surface area contributed by atoms with Crippen molar-refractivity contribution in [2.24, 2.45) is 0 Å². The van der Waals surface area contributed by atoms with Crippen molar-refractivity contribution in [2.75, 3.05) is 0 Å². The summed E-state index contributed by atoms with van der Waals surface area (Å²) in [4.78, 5) is 12.3. The van der Waals surface area contributed by atoms with E-state index in [4.69, 9.17) is 4.74 Å². The molecule has 3 rings (SSSR count). The fourth-order valence-corrected chi connectivity index (χ4v) is 3.60. The number of nitrogens with zero attached hydrogens (tertiary/aromatic N) is 2. The molecule has 0 radical (unpaired) electrons. The first kappa shape index (κ1) is 18.5. The van der Waals surface area contributed by atoms with E-state index in [0.717, 1.165) is 24.1 Å². The number of nitrogens with one attached hydrogen (secondary N) is 2. The Kier molecular flexibility index (Phi) is 5.05. The van der Waals surface area contributed by atoms with Gasteiger partial charge in [-0.15, -0.1) is 0 Å². The molecule has 2 N–H and O–H groups in total. The molecule has 0 saturated carbocycles. The fraction of sp³-hybridized carbons (Fsp3) is 0.500. The Bertz CT molecular complexity index is 753. The molecule has 26 heavy (non-hydrogen) atoms. The zero-order valence-corrected chi connectivity index (χ0v) is 16.0. The number of hydrogen-bond donors (Lipinski definition) is 2. The zero-order valence-electron chi connectivity index (χ0n) is 16.0. The van der Waals surface area contributed by atoms with Crippen LogP contribution in [0.1, 0.15) is 45.2 Å². The second-order valence-corrected chi connectivity index (χ2v) is 8.07. The van der Waals surface area contributed by atoms with E-state index in [-0.39, 0.29) is 23.3 Å². The first-order valence-electron chi connectivity index (χ1n) is 9.03. The van der Waals surface area contributed by atoms with Crippen LogP contribution >= 0.6 is 0 Å². The molecule has 6 heteroatoms. The van der Waals surface area contributed by atoms with E-state index in [1.54, 1.807) is 6.20 Å². The van der Waals surface area contributed by atoms with Gasteiger partial charge in [0.1, 0.15) is 0 Å². The van der Waals surface area contributed by atoms with Crippen LogP contribution in [0, 0.1) is 0 Å². The number of urea groups is 1. The maximum absolute atomic E-state index is 12.3. The molecule has 2 heterocycles. The van der Waals surface area contributed by atoms with Crippen molar-refractivity contribution in [1.82, 2.24) is 20.4 Å². The predicted octanol–water partition coefficient (Wildman–Crippen LogP) is 3.08. The van der Waals surface area contributed by atoms with E-state index >= 15 is 0 Å². The van der Waals surface area contributed by atoms with Gasteiger partial charge in [-0.25, -0.2) is 4.79 Å². The largest absolute Gasteiger partial charge is 0.367 e. The van der Waals surface area contributed by atoms with Crippen LogP contribution in [0.25, 0.3) is 0 Å². The molecule has 1 aliphatic rings. The molecule has 0 aliphatic carbocycles. The third-order valence-electron chi connectivity index (χ3n) is 4.73. The van der Waals surface area contributed by atoms with Crippen molar-refractivity contribution in [3.63, 3.8) is 0 Å². The number of aromatic nitrogens is 2. The van der Waals surface area contributed by atoms with Gasteiger partial charge in [-0.3, -0.25) is 4.68 Å². The highest BCUT2D eigenvalue weighted by atomic mass is 16.5. The lowest BCUT2D eigenvalue weighted by molar-refractivity contribution is -0.0690. The number of rotatable bonds is 5. The molecule has 6 nitrogen and oxygen atoms in total. The average Bonchev–Trinajstić information content (AvgIpc) is 3.11. The van der Waals surface area contributed by atoms with Gasteiger partial charge in [0.15, 0.2) is 0 Å². The summed E-state index contributed by atoms with van der Waals surface area (Å²) < 4.78 is 7.91. The second kappa shape index (κ2) is 7.11. The van der Waals surface area contributed by atoms with E-state index in [1.165, 1.54) is 0 Å². The number of benzene rings is 1. The minimum atomic E-state index is -0.371. The summed E-state index contributed by atoms with van der Waals surface area (Å²) in [6, 6.07) is 9.90. The molecule has 2 aromatic rings. The van der Waals surface area contributed by atoms with E-state index in [0.29, 0.717) is 6.54 Å². The molecule has 1 saturated heterocycles. The van der Waals surface area contributed by atoms with Gasteiger partial charge in [0.2, 0.25) is 0 Å². The average molecular weight is 356 g/mol. The molecule has 1 aliphatic heterocycles. The van der Waals surface area contributed by atoms with Crippen molar-refractivity contribution in [1.29, 1.82) is 0 Å². The van der Waals surface area contributed by atoms with Gasteiger partial charge < -0.3 is 15.4 Å². The molecule has 140 valence electrons. The highest BCUT2D eigenvalue weighted by Crippen LogP contribution is 2.37. The second-order valence-electron chi connectivity index (χ2n) is 8.07. The van der Waals surface area contributed by atoms with Crippen LogP contribution in [-0.4, -0.2) is 33.1 Å². The molecule has 0 spiro atoms. The lowest BCUT2D eigenvalue weighted by atomic mass is 9.95. The third kappa shape index (κ3) is 4.64. The quantitative estimate of drug-likeness (QED) is 0.865. The summed E-state index contributed by atoms with van der Waals surface area (Å²) in [7, 11) is 0. The Morgan fingerprint density at radius 1 is 1.27 bits per heavy atom. The standard InChI is InChI=1S/C20H28N4O2/c1-19(2)12-17(20(3,4)26-19)23-18(25)21-13-15-7-5-8-16(11-15)14-24-10-6-9-22-24/h5-11,17H,12-14H2,1-4H3,(H2,21,23,25). The summed E-state index contributed by atoms with van der Waals surface area (Å²) in [6.45, 7) is 9.35. The minimum absolute atomic E-state index is 0.0105. The normalized spacial score (nSPS) is 20.7. The zero-order chi connectivity index (χ0) is 18.8. The summed E-state index contributed by atoms with van der Waals surface area (Å²) in [5.74, 6) is 0. The minimum Gasteiger partial charge on any atom is -0.367 e.